The standard InChI is InChI=1S/C18H31NO2/c1-6-21-13-18(14(2)3)19-15(4)7-8-16-9-11-17(20-5)12-10-16/h9-12,14-15,18-19H,6-8,13H2,1-5H3. The molecule has 1 aromatic rings. The molecular weight excluding hydrogens is 262 g/mol. The number of ether oxygens (including phenoxy) is 2. The van der Waals surface area contributed by atoms with Crippen LogP contribution in [0.25, 0.3) is 0 Å². The molecule has 1 N–H and O–H groups in total. The molecule has 2 atom stereocenters. The maximum atomic E-state index is 5.57. The highest BCUT2D eigenvalue weighted by Gasteiger charge is 2.15. The van der Waals surface area contributed by atoms with Gasteiger partial charge in [-0.3, -0.25) is 0 Å². The average molecular weight is 293 g/mol. The molecule has 0 saturated carbocycles. The van der Waals surface area contributed by atoms with Gasteiger partial charge in [-0.25, -0.2) is 0 Å². The Labute approximate surface area is 130 Å². The van der Waals surface area contributed by atoms with Gasteiger partial charge in [-0.1, -0.05) is 26.0 Å². The number of nitrogens with one attached hydrogen (secondary N) is 1. The van der Waals surface area contributed by atoms with Crippen molar-refractivity contribution in [2.24, 2.45) is 5.92 Å². The van der Waals surface area contributed by atoms with Gasteiger partial charge in [-0.2, -0.15) is 0 Å². The molecule has 0 heterocycles. The van der Waals surface area contributed by atoms with Crippen LogP contribution in [-0.4, -0.2) is 32.4 Å². The smallest absolute Gasteiger partial charge is 0.118 e. The third kappa shape index (κ3) is 6.96. The van der Waals surface area contributed by atoms with E-state index in [1.54, 1.807) is 7.11 Å². The first-order valence-corrected chi connectivity index (χ1v) is 8.03. The summed E-state index contributed by atoms with van der Waals surface area (Å²) in [5, 5.41) is 3.69. The highest BCUT2D eigenvalue weighted by atomic mass is 16.5. The number of methoxy groups -OCH3 is 1. The van der Waals surface area contributed by atoms with Gasteiger partial charge < -0.3 is 14.8 Å². The molecule has 0 saturated heterocycles. The lowest BCUT2D eigenvalue weighted by Gasteiger charge is -2.26. The third-order valence-corrected chi connectivity index (χ3v) is 3.83. The fourth-order valence-corrected chi connectivity index (χ4v) is 2.30. The van der Waals surface area contributed by atoms with Crippen LogP contribution in [0.5, 0.6) is 5.75 Å². The van der Waals surface area contributed by atoms with Crippen LogP contribution in [0.3, 0.4) is 0 Å². The molecule has 1 aromatic carbocycles. The van der Waals surface area contributed by atoms with Gasteiger partial charge in [0.25, 0.3) is 0 Å². The quantitative estimate of drug-likeness (QED) is 0.714. The molecule has 0 spiro atoms. The van der Waals surface area contributed by atoms with Gasteiger partial charge in [0.15, 0.2) is 0 Å². The topological polar surface area (TPSA) is 30.5 Å². The number of benzene rings is 1. The second-order valence-electron chi connectivity index (χ2n) is 5.96. The Morgan fingerprint density at radius 3 is 2.29 bits per heavy atom. The van der Waals surface area contributed by atoms with Crippen molar-refractivity contribution in [3.8, 4) is 5.75 Å². The maximum absolute atomic E-state index is 5.57. The highest BCUT2D eigenvalue weighted by Crippen LogP contribution is 2.14. The molecule has 0 aliphatic heterocycles. The summed E-state index contributed by atoms with van der Waals surface area (Å²) in [6.07, 6.45) is 2.21. The van der Waals surface area contributed by atoms with E-state index in [2.05, 4.69) is 38.2 Å². The average Bonchev–Trinajstić information content (AvgIpc) is 2.49. The molecule has 3 heteroatoms. The van der Waals surface area contributed by atoms with E-state index in [1.807, 2.05) is 19.1 Å². The highest BCUT2D eigenvalue weighted by molar-refractivity contribution is 5.27. The van der Waals surface area contributed by atoms with Gasteiger partial charge in [0.1, 0.15) is 5.75 Å². The first-order valence-electron chi connectivity index (χ1n) is 8.03. The summed E-state index contributed by atoms with van der Waals surface area (Å²) in [5.41, 5.74) is 1.36. The van der Waals surface area contributed by atoms with Gasteiger partial charge in [0, 0.05) is 18.7 Å². The van der Waals surface area contributed by atoms with Gasteiger partial charge in [-0.15, -0.1) is 0 Å². The predicted octanol–water partition coefficient (Wildman–Crippen LogP) is 3.67. The lowest BCUT2D eigenvalue weighted by molar-refractivity contribution is 0.104. The van der Waals surface area contributed by atoms with E-state index in [0.717, 1.165) is 31.8 Å². The van der Waals surface area contributed by atoms with E-state index >= 15 is 0 Å². The number of aryl methyl sites for hydroxylation is 1. The van der Waals surface area contributed by atoms with Crippen LogP contribution in [0.1, 0.15) is 39.7 Å². The fraction of sp³-hybridized carbons (Fsp3) is 0.667. The van der Waals surface area contributed by atoms with Gasteiger partial charge in [0.05, 0.1) is 13.7 Å². The van der Waals surface area contributed by atoms with Crippen molar-refractivity contribution < 1.29 is 9.47 Å². The second-order valence-corrected chi connectivity index (χ2v) is 5.96. The van der Waals surface area contributed by atoms with E-state index in [1.165, 1.54) is 5.56 Å². The lowest BCUT2D eigenvalue weighted by Crippen LogP contribution is -2.43. The van der Waals surface area contributed by atoms with Gasteiger partial charge in [0.2, 0.25) is 0 Å². The van der Waals surface area contributed by atoms with Crippen molar-refractivity contribution in [2.45, 2.75) is 52.6 Å². The van der Waals surface area contributed by atoms with E-state index in [4.69, 9.17) is 9.47 Å². The van der Waals surface area contributed by atoms with Crippen LogP contribution in [0, 0.1) is 5.92 Å². The molecule has 21 heavy (non-hydrogen) atoms. The maximum Gasteiger partial charge on any atom is 0.118 e. The largest absolute Gasteiger partial charge is 0.497 e. The Kier molecular flexibility index (Phi) is 8.40. The van der Waals surface area contributed by atoms with Crippen molar-refractivity contribution in [3.05, 3.63) is 29.8 Å². The predicted molar refractivity (Wildman–Crippen MR) is 89.0 cm³/mol. The SMILES string of the molecule is CCOCC(NC(C)CCc1ccc(OC)cc1)C(C)C. The minimum absolute atomic E-state index is 0.427. The number of rotatable bonds is 10. The van der Waals surface area contributed by atoms with Crippen LogP contribution in [0.4, 0.5) is 0 Å². The zero-order chi connectivity index (χ0) is 15.7. The molecule has 1 rings (SSSR count). The number of hydrogen-bond acceptors (Lipinski definition) is 3. The summed E-state index contributed by atoms with van der Waals surface area (Å²) in [7, 11) is 1.70. The molecule has 0 bridgehead atoms. The molecule has 2 unspecified atom stereocenters. The molecule has 0 aromatic heterocycles. The molecule has 0 fully saturated rings. The van der Waals surface area contributed by atoms with E-state index < -0.39 is 0 Å². The first-order chi connectivity index (χ1) is 10.1. The van der Waals surface area contributed by atoms with Crippen LogP contribution in [0.2, 0.25) is 0 Å². The van der Waals surface area contributed by atoms with Crippen LogP contribution >= 0.6 is 0 Å². The van der Waals surface area contributed by atoms with Crippen molar-refractivity contribution in [1.82, 2.24) is 5.32 Å². The summed E-state index contributed by atoms with van der Waals surface area (Å²) in [6.45, 7) is 10.4. The Morgan fingerprint density at radius 1 is 1.10 bits per heavy atom. The monoisotopic (exact) mass is 293 g/mol. The summed E-state index contributed by atoms with van der Waals surface area (Å²) >= 11 is 0. The van der Waals surface area contributed by atoms with Crippen molar-refractivity contribution >= 4 is 0 Å². The molecule has 0 aliphatic rings. The molecule has 3 nitrogen and oxygen atoms in total. The molecule has 0 aliphatic carbocycles. The third-order valence-electron chi connectivity index (χ3n) is 3.83. The summed E-state index contributed by atoms with van der Waals surface area (Å²) in [6, 6.07) is 9.26. The van der Waals surface area contributed by atoms with Crippen LogP contribution in [0.15, 0.2) is 24.3 Å². The Morgan fingerprint density at radius 2 is 1.76 bits per heavy atom. The first kappa shape index (κ1) is 18.0. The fourth-order valence-electron chi connectivity index (χ4n) is 2.30. The van der Waals surface area contributed by atoms with Crippen LogP contribution in [-0.2, 0) is 11.2 Å². The molecule has 120 valence electrons. The van der Waals surface area contributed by atoms with E-state index in [-0.39, 0.29) is 0 Å². The van der Waals surface area contributed by atoms with Crippen molar-refractivity contribution in [2.75, 3.05) is 20.3 Å². The lowest BCUT2D eigenvalue weighted by atomic mass is 10.0. The number of hydrogen-bond donors (Lipinski definition) is 1. The second kappa shape index (κ2) is 9.80. The minimum atomic E-state index is 0.427. The van der Waals surface area contributed by atoms with Crippen LogP contribution < -0.4 is 10.1 Å². The summed E-state index contributed by atoms with van der Waals surface area (Å²) in [4.78, 5) is 0. The molecule has 0 radical (unpaired) electrons. The van der Waals surface area contributed by atoms with Crippen molar-refractivity contribution in [1.29, 1.82) is 0 Å². The minimum Gasteiger partial charge on any atom is -0.497 e. The van der Waals surface area contributed by atoms with Gasteiger partial charge >= 0.3 is 0 Å². The zero-order valence-electron chi connectivity index (χ0n) is 14.2. The normalized spacial score (nSPS) is 14.2. The van der Waals surface area contributed by atoms with E-state index in [9.17, 15) is 0 Å². The molecule has 0 amide bonds. The van der Waals surface area contributed by atoms with Crippen molar-refractivity contribution in [3.63, 3.8) is 0 Å². The Balaban J connectivity index is 2.38. The van der Waals surface area contributed by atoms with Gasteiger partial charge in [-0.05, 0) is 50.3 Å². The summed E-state index contributed by atoms with van der Waals surface area (Å²) in [5.74, 6) is 1.50. The molecular formula is C18H31NO2. The Bertz CT molecular complexity index is 375. The summed E-state index contributed by atoms with van der Waals surface area (Å²) < 4.78 is 10.8. The van der Waals surface area contributed by atoms with E-state index in [0.29, 0.717) is 18.0 Å². The Hall–Kier alpha value is -1.06. The zero-order valence-corrected chi connectivity index (χ0v) is 14.2.